The van der Waals surface area contributed by atoms with Crippen LogP contribution in [0.4, 0.5) is 5.69 Å². The van der Waals surface area contributed by atoms with E-state index in [4.69, 9.17) is 5.11 Å². The maximum atomic E-state index is 12.4. The molecule has 1 amide bonds. The zero-order valence-electron chi connectivity index (χ0n) is 14.4. The molecule has 0 aliphatic carbocycles. The highest BCUT2D eigenvalue weighted by Crippen LogP contribution is 2.21. The number of nitrogens with zero attached hydrogens (tertiary/aromatic N) is 5. The van der Waals surface area contributed by atoms with E-state index in [9.17, 15) is 4.79 Å². The number of hydrogen-bond donors (Lipinski definition) is 2. The van der Waals surface area contributed by atoms with Crippen LogP contribution < -0.4 is 5.32 Å². The van der Waals surface area contributed by atoms with Crippen molar-refractivity contribution in [3.05, 3.63) is 29.3 Å². The number of fused-ring (bicyclic) bond motifs is 1. The summed E-state index contributed by atoms with van der Waals surface area (Å²) in [6, 6.07) is 5.35. The van der Waals surface area contributed by atoms with Crippen molar-refractivity contribution in [2.45, 2.75) is 39.2 Å². The van der Waals surface area contributed by atoms with E-state index >= 15 is 0 Å². The van der Waals surface area contributed by atoms with Gasteiger partial charge in [-0.15, -0.1) is 5.11 Å². The molecule has 2 heterocycles. The lowest BCUT2D eigenvalue weighted by Gasteiger charge is -2.21. The van der Waals surface area contributed by atoms with Crippen molar-refractivity contribution < 1.29 is 9.90 Å². The first-order valence-corrected chi connectivity index (χ1v) is 8.49. The van der Waals surface area contributed by atoms with E-state index in [1.165, 1.54) is 11.1 Å². The quantitative estimate of drug-likeness (QED) is 0.773. The summed E-state index contributed by atoms with van der Waals surface area (Å²) in [6.45, 7) is 4.82. The summed E-state index contributed by atoms with van der Waals surface area (Å²) in [4.78, 5) is 20.8. The van der Waals surface area contributed by atoms with Crippen molar-refractivity contribution in [2.24, 2.45) is 20.3 Å². The molecule has 1 unspecified atom stereocenters. The second-order valence-electron chi connectivity index (χ2n) is 6.05. The lowest BCUT2D eigenvalue weighted by Crippen LogP contribution is -2.42. The van der Waals surface area contributed by atoms with Gasteiger partial charge in [-0.25, -0.2) is 0 Å². The zero-order valence-corrected chi connectivity index (χ0v) is 14.4. The van der Waals surface area contributed by atoms with Gasteiger partial charge in [-0.05, 0) is 49.4 Å². The third-order valence-electron chi connectivity index (χ3n) is 4.26. The summed E-state index contributed by atoms with van der Waals surface area (Å²) < 4.78 is 0. The predicted octanol–water partition coefficient (Wildman–Crippen LogP) is 2.09. The van der Waals surface area contributed by atoms with E-state index in [1.807, 2.05) is 18.2 Å². The van der Waals surface area contributed by atoms with Crippen LogP contribution in [0.15, 0.2) is 38.5 Å². The standard InChI is InChI=1S/C17H22N6O2/c1-3-12-10-13(7-6-11(12)2)18-17-19-15-14(16(25)20-17)23(22-21-15)8-4-5-9-24/h6-7,10,14,24H,3-5,8-9H2,1-2H3,(H,18,20,25). The van der Waals surface area contributed by atoms with Crippen molar-refractivity contribution in [1.29, 1.82) is 0 Å². The van der Waals surface area contributed by atoms with Crippen LogP contribution in [-0.2, 0) is 11.2 Å². The number of aliphatic hydroxyl groups excluding tert-OH is 1. The van der Waals surface area contributed by atoms with Gasteiger partial charge in [-0.1, -0.05) is 18.2 Å². The SMILES string of the molecule is CCc1cc(NC2=NC(=O)C3C(=N2)N=NN3CCCCO)ccc1C. The second kappa shape index (κ2) is 7.52. The Morgan fingerprint density at radius 1 is 1.28 bits per heavy atom. The summed E-state index contributed by atoms with van der Waals surface area (Å²) in [6.07, 6.45) is 2.31. The van der Waals surface area contributed by atoms with E-state index in [0.717, 1.165) is 18.5 Å². The molecule has 0 bridgehead atoms. The molecule has 25 heavy (non-hydrogen) atoms. The van der Waals surface area contributed by atoms with Gasteiger partial charge in [0.2, 0.25) is 5.96 Å². The van der Waals surface area contributed by atoms with Crippen LogP contribution in [-0.4, -0.2) is 47.0 Å². The topological polar surface area (TPSA) is 102 Å². The third kappa shape index (κ3) is 3.74. The first kappa shape index (κ1) is 17.2. The number of aliphatic imine (C=N–C) groups is 2. The van der Waals surface area contributed by atoms with E-state index in [1.54, 1.807) is 5.01 Å². The van der Waals surface area contributed by atoms with Crippen LogP contribution in [0.2, 0.25) is 0 Å². The normalized spacial score (nSPS) is 18.9. The number of hydrogen-bond acceptors (Lipinski definition) is 7. The van der Waals surface area contributed by atoms with Gasteiger partial charge in [-0.3, -0.25) is 9.80 Å². The van der Waals surface area contributed by atoms with E-state index < -0.39 is 6.04 Å². The molecule has 0 aromatic heterocycles. The van der Waals surface area contributed by atoms with E-state index in [-0.39, 0.29) is 18.5 Å². The van der Waals surface area contributed by atoms with Crippen LogP contribution >= 0.6 is 0 Å². The number of nitrogens with one attached hydrogen (secondary N) is 1. The average Bonchev–Trinajstić information content (AvgIpc) is 3.00. The first-order chi connectivity index (χ1) is 12.1. The Morgan fingerprint density at radius 2 is 2.12 bits per heavy atom. The summed E-state index contributed by atoms with van der Waals surface area (Å²) in [5.74, 6) is 0.261. The minimum absolute atomic E-state index is 0.118. The minimum atomic E-state index is -0.645. The molecule has 2 N–H and O–H groups in total. The number of aliphatic hydroxyl groups is 1. The molecule has 2 aliphatic rings. The van der Waals surface area contributed by atoms with Crippen LogP contribution in [0.3, 0.4) is 0 Å². The number of amides is 1. The molecule has 0 saturated heterocycles. The monoisotopic (exact) mass is 342 g/mol. The number of carbonyl (C=O) groups is 1. The molecular formula is C17H22N6O2. The number of rotatable bonds is 6. The Balaban J connectivity index is 1.71. The molecule has 1 aromatic carbocycles. The summed E-state index contributed by atoms with van der Waals surface area (Å²) in [5.41, 5.74) is 3.30. The second-order valence-corrected chi connectivity index (χ2v) is 6.05. The molecule has 8 heteroatoms. The molecule has 0 spiro atoms. The molecule has 0 fully saturated rings. The van der Waals surface area contributed by atoms with Crippen LogP contribution in [0.25, 0.3) is 0 Å². The lowest BCUT2D eigenvalue weighted by molar-refractivity contribution is -0.120. The Labute approximate surface area is 146 Å². The van der Waals surface area contributed by atoms with Gasteiger partial charge in [0, 0.05) is 18.8 Å². The molecule has 132 valence electrons. The third-order valence-corrected chi connectivity index (χ3v) is 4.26. The van der Waals surface area contributed by atoms with Gasteiger partial charge in [-0.2, -0.15) is 9.98 Å². The van der Waals surface area contributed by atoms with Crippen molar-refractivity contribution in [1.82, 2.24) is 5.01 Å². The van der Waals surface area contributed by atoms with E-state index in [2.05, 4.69) is 39.5 Å². The molecule has 0 radical (unpaired) electrons. The maximum Gasteiger partial charge on any atom is 0.281 e. The average molecular weight is 342 g/mol. The van der Waals surface area contributed by atoms with Gasteiger partial charge >= 0.3 is 0 Å². The highest BCUT2D eigenvalue weighted by Gasteiger charge is 2.38. The minimum Gasteiger partial charge on any atom is -0.396 e. The largest absolute Gasteiger partial charge is 0.396 e. The number of unbranched alkanes of at least 4 members (excludes halogenated alkanes) is 1. The first-order valence-electron chi connectivity index (χ1n) is 8.49. The van der Waals surface area contributed by atoms with Crippen molar-refractivity contribution >= 4 is 23.4 Å². The molecule has 1 atom stereocenters. The zero-order chi connectivity index (χ0) is 17.8. The van der Waals surface area contributed by atoms with E-state index in [0.29, 0.717) is 18.8 Å². The Kier molecular flexibility index (Phi) is 5.18. The highest BCUT2D eigenvalue weighted by atomic mass is 16.3. The Hall–Kier alpha value is -2.61. The Bertz CT molecular complexity index is 756. The number of benzene rings is 1. The summed E-state index contributed by atoms with van der Waals surface area (Å²) in [5, 5.41) is 21.5. The van der Waals surface area contributed by atoms with Crippen molar-refractivity contribution in [3.63, 3.8) is 0 Å². The van der Waals surface area contributed by atoms with Crippen LogP contribution in [0.1, 0.15) is 30.9 Å². The fraction of sp³-hybridized carbons (Fsp3) is 0.471. The summed E-state index contributed by atoms with van der Waals surface area (Å²) >= 11 is 0. The van der Waals surface area contributed by atoms with Gasteiger partial charge in [0.15, 0.2) is 11.9 Å². The molecule has 2 aliphatic heterocycles. The molecule has 8 nitrogen and oxygen atoms in total. The Morgan fingerprint density at radius 3 is 2.88 bits per heavy atom. The van der Waals surface area contributed by atoms with Gasteiger partial charge in [0.05, 0.1) is 0 Å². The lowest BCUT2D eigenvalue weighted by atomic mass is 10.1. The highest BCUT2D eigenvalue weighted by molar-refractivity contribution is 6.20. The molecular weight excluding hydrogens is 320 g/mol. The van der Waals surface area contributed by atoms with Gasteiger partial charge < -0.3 is 10.4 Å². The number of amidine groups is 1. The maximum absolute atomic E-state index is 12.4. The molecule has 3 rings (SSSR count). The number of carbonyl (C=O) groups excluding carboxylic acids is 1. The predicted molar refractivity (Wildman–Crippen MR) is 95.7 cm³/mol. The molecule has 0 saturated carbocycles. The number of anilines is 1. The number of guanidine groups is 1. The van der Waals surface area contributed by atoms with Crippen LogP contribution in [0, 0.1) is 6.92 Å². The van der Waals surface area contributed by atoms with Crippen molar-refractivity contribution in [3.8, 4) is 0 Å². The fourth-order valence-electron chi connectivity index (χ4n) is 2.84. The van der Waals surface area contributed by atoms with Crippen LogP contribution in [0.5, 0.6) is 0 Å². The van der Waals surface area contributed by atoms with Gasteiger partial charge in [0.25, 0.3) is 5.91 Å². The van der Waals surface area contributed by atoms with Crippen molar-refractivity contribution in [2.75, 3.05) is 18.5 Å². The fourth-order valence-corrected chi connectivity index (χ4v) is 2.84. The number of aryl methyl sites for hydroxylation is 2. The summed E-state index contributed by atoms with van der Waals surface area (Å²) in [7, 11) is 0. The van der Waals surface area contributed by atoms with Gasteiger partial charge in [0.1, 0.15) is 0 Å². The molecule has 1 aromatic rings. The smallest absolute Gasteiger partial charge is 0.281 e.